The van der Waals surface area contributed by atoms with Gasteiger partial charge in [-0.3, -0.25) is 4.79 Å². The molecule has 0 unspecified atom stereocenters. The van der Waals surface area contributed by atoms with Crippen molar-refractivity contribution >= 4 is 23.1 Å². The molecule has 126 valence electrons. The van der Waals surface area contributed by atoms with Crippen LogP contribution in [0.4, 0.5) is 17.2 Å². The molecule has 0 radical (unpaired) electrons. The number of ether oxygens (including phenoxy) is 1. The van der Waals surface area contributed by atoms with Crippen LogP contribution in [0.3, 0.4) is 0 Å². The van der Waals surface area contributed by atoms with Gasteiger partial charge in [-0.2, -0.15) is 0 Å². The van der Waals surface area contributed by atoms with E-state index in [1.165, 1.54) is 0 Å². The van der Waals surface area contributed by atoms with E-state index in [9.17, 15) is 4.79 Å². The molecule has 0 aliphatic heterocycles. The molecule has 0 fully saturated rings. The van der Waals surface area contributed by atoms with Crippen molar-refractivity contribution in [3.05, 3.63) is 78.5 Å². The van der Waals surface area contributed by atoms with Gasteiger partial charge in [-0.05, 0) is 42.0 Å². The zero-order valence-electron chi connectivity index (χ0n) is 13.9. The molecule has 0 saturated carbocycles. The zero-order chi connectivity index (χ0) is 17.5. The van der Waals surface area contributed by atoms with Crippen molar-refractivity contribution in [2.75, 3.05) is 17.7 Å². The molecule has 5 heteroatoms. The predicted molar refractivity (Wildman–Crippen MR) is 99.3 cm³/mol. The van der Waals surface area contributed by atoms with Gasteiger partial charge in [-0.25, -0.2) is 4.98 Å². The number of benzene rings is 2. The summed E-state index contributed by atoms with van der Waals surface area (Å²) in [6, 6.07) is 20.9. The highest BCUT2D eigenvalue weighted by Crippen LogP contribution is 2.17. The standard InChI is InChI=1S/C20H19N3O2/c1-25-18-10-7-15(8-11-18)13-20(24)23-19-12-9-17(14-21-19)22-16-5-3-2-4-6-16/h2-12,14,22H,13H2,1H3,(H,21,23,24). The topological polar surface area (TPSA) is 63.2 Å². The normalized spacial score (nSPS) is 10.1. The maximum atomic E-state index is 12.1. The fourth-order valence-electron chi connectivity index (χ4n) is 2.35. The summed E-state index contributed by atoms with van der Waals surface area (Å²) < 4.78 is 5.11. The lowest BCUT2D eigenvalue weighted by molar-refractivity contribution is -0.115. The number of hydrogen-bond donors (Lipinski definition) is 2. The molecule has 25 heavy (non-hydrogen) atoms. The Kier molecular flexibility index (Phi) is 5.26. The van der Waals surface area contributed by atoms with E-state index < -0.39 is 0 Å². The van der Waals surface area contributed by atoms with Crippen molar-refractivity contribution in [3.8, 4) is 5.75 Å². The number of carbonyl (C=O) groups excluding carboxylic acids is 1. The van der Waals surface area contributed by atoms with Gasteiger partial charge in [0.2, 0.25) is 5.91 Å². The second-order valence-corrected chi connectivity index (χ2v) is 5.50. The molecule has 0 spiro atoms. The summed E-state index contributed by atoms with van der Waals surface area (Å²) in [6.45, 7) is 0. The molecule has 1 heterocycles. The number of nitrogens with zero attached hydrogens (tertiary/aromatic N) is 1. The lowest BCUT2D eigenvalue weighted by Gasteiger charge is -2.08. The minimum Gasteiger partial charge on any atom is -0.497 e. The Hall–Kier alpha value is -3.34. The van der Waals surface area contributed by atoms with Crippen LogP contribution in [0.15, 0.2) is 72.9 Å². The quantitative estimate of drug-likeness (QED) is 0.715. The second-order valence-electron chi connectivity index (χ2n) is 5.50. The molecule has 3 rings (SSSR count). The maximum absolute atomic E-state index is 12.1. The van der Waals surface area contributed by atoms with Crippen molar-refractivity contribution in [3.63, 3.8) is 0 Å². The van der Waals surface area contributed by atoms with Crippen molar-refractivity contribution in [2.45, 2.75) is 6.42 Å². The highest BCUT2D eigenvalue weighted by atomic mass is 16.5. The van der Waals surface area contributed by atoms with Crippen LogP contribution in [0.25, 0.3) is 0 Å². The van der Waals surface area contributed by atoms with E-state index >= 15 is 0 Å². The van der Waals surface area contributed by atoms with E-state index in [1.54, 1.807) is 19.4 Å². The molecule has 2 aromatic carbocycles. The summed E-state index contributed by atoms with van der Waals surface area (Å²) >= 11 is 0. The minimum absolute atomic E-state index is 0.110. The summed E-state index contributed by atoms with van der Waals surface area (Å²) in [4.78, 5) is 16.4. The predicted octanol–water partition coefficient (Wildman–Crippen LogP) is 4.02. The summed E-state index contributed by atoms with van der Waals surface area (Å²) in [7, 11) is 1.61. The van der Waals surface area contributed by atoms with Gasteiger partial charge in [0, 0.05) is 5.69 Å². The fourth-order valence-corrected chi connectivity index (χ4v) is 2.35. The van der Waals surface area contributed by atoms with E-state index in [0.29, 0.717) is 5.82 Å². The lowest BCUT2D eigenvalue weighted by Crippen LogP contribution is -2.15. The van der Waals surface area contributed by atoms with Gasteiger partial charge < -0.3 is 15.4 Å². The maximum Gasteiger partial charge on any atom is 0.229 e. The lowest BCUT2D eigenvalue weighted by atomic mass is 10.1. The van der Waals surface area contributed by atoms with Crippen LogP contribution in [-0.4, -0.2) is 18.0 Å². The second kappa shape index (κ2) is 7.97. The number of aromatic nitrogens is 1. The molecule has 0 atom stereocenters. The zero-order valence-corrected chi connectivity index (χ0v) is 13.9. The van der Waals surface area contributed by atoms with E-state index in [1.807, 2.05) is 60.7 Å². The first kappa shape index (κ1) is 16.5. The van der Waals surface area contributed by atoms with Gasteiger partial charge >= 0.3 is 0 Å². The molecule has 0 aliphatic rings. The van der Waals surface area contributed by atoms with Gasteiger partial charge in [0.1, 0.15) is 11.6 Å². The van der Waals surface area contributed by atoms with Crippen molar-refractivity contribution in [2.24, 2.45) is 0 Å². The Balaban J connectivity index is 1.56. The Bertz CT molecular complexity index is 816. The van der Waals surface area contributed by atoms with E-state index in [2.05, 4.69) is 15.6 Å². The van der Waals surface area contributed by atoms with Crippen LogP contribution in [0.5, 0.6) is 5.75 Å². The van der Waals surface area contributed by atoms with Crippen molar-refractivity contribution < 1.29 is 9.53 Å². The number of nitrogens with one attached hydrogen (secondary N) is 2. The third kappa shape index (κ3) is 4.81. The summed E-state index contributed by atoms with van der Waals surface area (Å²) in [5, 5.41) is 6.05. The number of carbonyl (C=O) groups is 1. The number of methoxy groups -OCH3 is 1. The van der Waals surface area contributed by atoms with Crippen LogP contribution < -0.4 is 15.4 Å². The third-order valence-electron chi connectivity index (χ3n) is 3.62. The number of rotatable bonds is 6. The van der Waals surface area contributed by atoms with Gasteiger partial charge in [0.05, 0.1) is 25.4 Å². The van der Waals surface area contributed by atoms with Crippen LogP contribution >= 0.6 is 0 Å². The first-order valence-corrected chi connectivity index (χ1v) is 7.94. The Labute approximate surface area is 146 Å². The number of hydrogen-bond acceptors (Lipinski definition) is 4. The van der Waals surface area contributed by atoms with E-state index in [-0.39, 0.29) is 12.3 Å². The Morgan fingerprint density at radius 3 is 2.36 bits per heavy atom. The third-order valence-corrected chi connectivity index (χ3v) is 3.62. The molecule has 2 N–H and O–H groups in total. The number of anilines is 3. The SMILES string of the molecule is COc1ccc(CC(=O)Nc2ccc(Nc3ccccc3)cn2)cc1. The van der Waals surface area contributed by atoms with Crippen LogP contribution in [0, 0.1) is 0 Å². The molecule has 1 aromatic heterocycles. The molecule has 1 amide bonds. The Morgan fingerprint density at radius 1 is 0.960 bits per heavy atom. The number of amides is 1. The van der Waals surface area contributed by atoms with Gasteiger partial charge in [-0.15, -0.1) is 0 Å². The van der Waals surface area contributed by atoms with Crippen molar-refractivity contribution in [1.29, 1.82) is 0 Å². The molecule has 0 saturated heterocycles. The molecule has 0 aliphatic carbocycles. The monoisotopic (exact) mass is 333 g/mol. The van der Waals surface area contributed by atoms with Gasteiger partial charge in [0.15, 0.2) is 0 Å². The first-order chi connectivity index (χ1) is 12.2. The van der Waals surface area contributed by atoms with Gasteiger partial charge in [-0.1, -0.05) is 30.3 Å². The number of pyridine rings is 1. The van der Waals surface area contributed by atoms with Crippen LogP contribution in [0.2, 0.25) is 0 Å². The fraction of sp³-hybridized carbons (Fsp3) is 0.100. The molecule has 5 nitrogen and oxygen atoms in total. The van der Waals surface area contributed by atoms with E-state index in [4.69, 9.17) is 4.74 Å². The highest BCUT2D eigenvalue weighted by Gasteiger charge is 2.05. The molecular formula is C20H19N3O2. The largest absolute Gasteiger partial charge is 0.497 e. The van der Waals surface area contributed by atoms with Crippen molar-refractivity contribution in [1.82, 2.24) is 4.98 Å². The minimum atomic E-state index is -0.110. The number of para-hydroxylation sites is 1. The summed E-state index contributed by atoms with van der Waals surface area (Å²) in [5.74, 6) is 1.19. The average molecular weight is 333 g/mol. The summed E-state index contributed by atoms with van der Waals surface area (Å²) in [6.07, 6.45) is 1.98. The van der Waals surface area contributed by atoms with Crippen LogP contribution in [0.1, 0.15) is 5.56 Å². The van der Waals surface area contributed by atoms with Crippen LogP contribution in [-0.2, 0) is 11.2 Å². The molecule has 0 bridgehead atoms. The molecule has 3 aromatic rings. The molecular weight excluding hydrogens is 314 g/mol. The smallest absolute Gasteiger partial charge is 0.229 e. The summed E-state index contributed by atoms with van der Waals surface area (Å²) in [5.41, 5.74) is 2.76. The average Bonchev–Trinajstić information content (AvgIpc) is 2.65. The van der Waals surface area contributed by atoms with Gasteiger partial charge in [0.25, 0.3) is 0 Å². The highest BCUT2D eigenvalue weighted by molar-refractivity contribution is 5.91. The Morgan fingerprint density at radius 2 is 1.72 bits per heavy atom. The van der Waals surface area contributed by atoms with E-state index in [0.717, 1.165) is 22.7 Å². The first-order valence-electron chi connectivity index (χ1n) is 7.94.